The average Bonchev–Trinajstić information content (AvgIpc) is 3.55. The third-order valence-corrected chi connectivity index (χ3v) is 10.7. The molecule has 292 valence electrons. The number of ether oxygens (including phenoxy) is 2. The lowest BCUT2D eigenvalue weighted by Crippen LogP contribution is -2.51. The number of aryl methyl sites for hydroxylation is 1. The van der Waals surface area contributed by atoms with Gasteiger partial charge in [-0.2, -0.15) is 0 Å². The number of carbonyl (C=O) groups is 5. The second-order valence-corrected chi connectivity index (χ2v) is 14.3. The molecule has 2 aliphatic heterocycles. The molecule has 2 aromatic heterocycles. The highest BCUT2D eigenvalue weighted by molar-refractivity contribution is 7.71. The molecular weight excluding hydrogens is 746 g/mol. The van der Waals surface area contributed by atoms with Gasteiger partial charge in [-0.3, -0.25) is 19.2 Å². The van der Waals surface area contributed by atoms with Crippen LogP contribution >= 0.6 is 12.2 Å². The van der Waals surface area contributed by atoms with Crippen molar-refractivity contribution >= 4 is 52.7 Å². The van der Waals surface area contributed by atoms with Crippen LogP contribution in [0, 0.1) is 17.4 Å². The van der Waals surface area contributed by atoms with Gasteiger partial charge in [0.2, 0.25) is 23.6 Å². The number of aliphatic hydroxyl groups excluding tert-OH is 1. The molecule has 4 amide bonds. The van der Waals surface area contributed by atoms with Crippen molar-refractivity contribution in [2.75, 3.05) is 33.5 Å². The van der Waals surface area contributed by atoms with Gasteiger partial charge in [-0.15, -0.1) is 0 Å². The van der Waals surface area contributed by atoms with E-state index in [1.54, 1.807) is 20.0 Å². The average molecular weight is 786 g/mol. The number of hydrogen-bond acceptors (Lipinski definition) is 11. The molecular formula is C39H40FN7O8S. The number of hydrogen-bond donors (Lipinski definition) is 6. The number of nitrogens with one attached hydrogen (secondary N) is 5. The molecule has 1 aliphatic carbocycles. The molecule has 4 heterocycles. The number of benzene rings is 2. The van der Waals surface area contributed by atoms with Crippen LogP contribution in [0.15, 0.2) is 42.5 Å². The number of esters is 1. The van der Waals surface area contributed by atoms with Crippen LogP contribution in [0.4, 0.5) is 4.39 Å². The first kappa shape index (κ1) is 38.6. The summed E-state index contributed by atoms with van der Waals surface area (Å²) in [6.45, 7) is 0.874. The molecule has 0 bridgehead atoms. The zero-order chi connectivity index (χ0) is 39.7. The highest BCUT2D eigenvalue weighted by Crippen LogP contribution is 2.46. The molecule has 3 unspecified atom stereocenters. The van der Waals surface area contributed by atoms with Crippen LogP contribution in [-0.4, -0.2) is 83.8 Å². The topological polar surface area (TPSA) is 202 Å². The highest BCUT2D eigenvalue weighted by atomic mass is 32.1. The van der Waals surface area contributed by atoms with Crippen molar-refractivity contribution < 1.29 is 42.9 Å². The summed E-state index contributed by atoms with van der Waals surface area (Å²) in [4.78, 5) is 68.1. The van der Waals surface area contributed by atoms with Crippen molar-refractivity contribution in [1.82, 2.24) is 36.1 Å². The van der Waals surface area contributed by atoms with Crippen molar-refractivity contribution in [2.45, 2.75) is 57.5 Å². The first-order valence-corrected chi connectivity index (χ1v) is 18.5. The van der Waals surface area contributed by atoms with Crippen molar-refractivity contribution in [3.05, 3.63) is 91.9 Å². The first-order valence-electron chi connectivity index (χ1n) is 18.1. The molecule has 17 heteroatoms. The van der Waals surface area contributed by atoms with E-state index in [0.717, 1.165) is 27.6 Å². The lowest BCUT2D eigenvalue weighted by molar-refractivity contribution is -0.157. The Bertz CT molecular complexity index is 2340. The number of carbonyl (C=O) groups excluding carboxylic acids is 5. The van der Waals surface area contributed by atoms with E-state index in [-0.39, 0.29) is 38.8 Å². The Morgan fingerprint density at radius 1 is 1.07 bits per heavy atom. The van der Waals surface area contributed by atoms with Gasteiger partial charge in [-0.25, -0.2) is 14.2 Å². The van der Waals surface area contributed by atoms with Gasteiger partial charge < -0.3 is 45.7 Å². The Labute approximate surface area is 325 Å². The molecule has 0 radical (unpaired) electrons. The van der Waals surface area contributed by atoms with E-state index in [9.17, 15) is 29.1 Å². The van der Waals surface area contributed by atoms with Crippen LogP contribution in [-0.2, 0) is 59.4 Å². The molecule has 4 aromatic rings. The minimum Gasteiger partial charge on any atom is -0.459 e. The van der Waals surface area contributed by atoms with Gasteiger partial charge in [-0.1, -0.05) is 42.5 Å². The first-order chi connectivity index (χ1) is 26.9. The third-order valence-electron chi connectivity index (χ3n) is 10.3. The SMILES string of the molecule is CNCC(=O)NC(Cc1ccccc1)C(=O)NCC(=O)NCOCC(=O)NC1CCc2c(C)c(F)cc3nc4c(c1c23)Cn1c-4cc2c(c1=S)COC(=O)C2O. The zero-order valence-corrected chi connectivity index (χ0v) is 31.4. The maximum atomic E-state index is 15.2. The molecule has 2 aromatic carbocycles. The van der Waals surface area contributed by atoms with Crippen LogP contribution < -0.4 is 26.6 Å². The Kier molecular flexibility index (Phi) is 11.2. The Morgan fingerprint density at radius 2 is 1.86 bits per heavy atom. The molecule has 56 heavy (non-hydrogen) atoms. The van der Waals surface area contributed by atoms with E-state index < -0.39 is 54.3 Å². The second kappa shape index (κ2) is 16.2. The van der Waals surface area contributed by atoms with Crippen molar-refractivity contribution in [2.24, 2.45) is 0 Å². The van der Waals surface area contributed by atoms with Gasteiger partial charge >= 0.3 is 5.97 Å². The van der Waals surface area contributed by atoms with Gasteiger partial charge in [-0.05, 0) is 55.1 Å². The molecule has 0 saturated carbocycles. The molecule has 7 rings (SSSR count). The number of pyridine rings is 2. The number of nitrogens with zero attached hydrogens (tertiary/aromatic N) is 2. The van der Waals surface area contributed by atoms with Crippen LogP contribution in [0.25, 0.3) is 22.3 Å². The summed E-state index contributed by atoms with van der Waals surface area (Å²) in [6.07, 6.45) is -0.330. The Morgan fingerprint density at radius 3 is 2.62 bits per heavy atom. The Hall–Kier alpha value is -5.62. The van der Waals surface area contributed by atoms with Crippen molar-refractivity contribution in [3.8, 4) is 11.4 Å². The van der Waals surface area contributed by atoms with E-state index in [4.69, 9.17) is 26.7 Å². The van der Waals surface area contributed by atoms with Gasteiger partial charge in [0, 0.05) is 34.6 Å². The monoisotopic (exact) mass is 785 g/mol. The number of fused-ring (bicyclic) bond motifs is 5. The summed E-state index contributed by atoms with van der Waals surface area (Å²) < 4.78 is 28.0. The summed E-state index contributed by atoms with van der Waals surface area (Å²) in [5.74, 6) is -3.11. The maximum Gasteiger partial charge on any atom is 0.340 e. The van der Waals surface area contributed by atoms with Gasteiger partial charge in [0.1, 0.15) is 36.4 Å². The van der Waals surface area contributed by atoms with Crippen LogP contribution in [0.1, 0.15) is 57.5 Å². The number of amides is 4. The van der Waals surface area contributed by atoms with E-state index in [2.05, 4.69) is 26.6 Å². The number of cyclic esters (lactones) is 1. The normalized spacial score (nSPS) is 16.9. The van der Waals surface area contributed by atoms with Crippen LogP contribution in [0.3, 0.4) is 0 Å². The standard InChI is InChI=1S/C39H40FN7O8S/c1-19-21-8-9-26(44-32(50)17-54-18-43-30(48)14-42-37(52)28(45-31(49)13-41-2)10-20-6-4-3-5-7-20)34-23-15-47-29(35(23)46-27(33(21)34)12-25(19)40)11-22-24(38(47)56)16-55-39(53)36(22)51/h3-7,11-12,26,28,36,41,51H,8-10,13-18H2,1-2H3,(H,42,52)(H,43,48)(H,44,50)(H,45,49). The smallest absolute Gasteiger partial charge is 0.340 e. The number of rotatable bonds is 13. The predicted molar refractivity (Wildman–Crippen MR) is 202 cm³/mol. The number of likely N-dealkylation sites (N-methyl/N-ethyl adjacent to an activating group) is 1. The van der Waals surface area contributed by atoms with Crippen molar-refractivity contribution in [3.63, 3.8) is 0 Å². The quantitative estimate of drug-likeness (QED) is 0.0438. The highest BCUT2D eigenvalue weighted by Gasteiger charge is 2.37. The summed E-state index contributed by atoms with van der Waals surface area (Å²) in [5, 5.41) is 24.9. The van der Waals surface area contributed by atoms with Crippen LogP contribution in [0.5, 0.6) is 0 Å². The lowest BCUT2D eigenvalue weighted by Gasteiger charge is -2.29. The van der Waals surface area contributed by atoms with E-state index >= 15 is 4.39 Å². The molecule has 15 nitrogen and oxygen atoms in total. The fourth-order valence-electron chi connectivity index (χ4n) is 7.58. The zero-order valence-electron chi connectivity index (χ0n) is 30.6. The van der Waals surface area contributed by atoms with Crippen molar-refractivity contribution in [1.29, 1.82) is 0 Å². The molecule has 6 N–H and O–H groups in total. The molecule has 0 saturated heterocycles. The van der Waals surface area contributed by atoms with E-state index in [0.29, 0.717) is 57.6 Å². The predicted octanol–water partition coefficient (Wildman–Crippen LogP) is 1.59. The molecule has 0 fully saturated rings. The maximum absolute atomic E-state index is 15.2. The van der Waals surface area contributed by atoms with Crippen LogP contribution in [0.2, 0.25) is 0 Å². The Balaban J connectivity index is 1.00. The number of aromatic nitrogens is 2. The summed E-state index contributed by atoms with van der Waals surface area (Å²) >= 11 is 5.80. The fraction of sp³-hybridized carbons (Fsp3) is 0.359. The molecule has 3 aliphatic rings. The summed E-state index contributed by atoms with van der Waals surface area (Å²) in [5.41, 5.74) is 6.07. The summed E-state index contributed by atoms with van der Waals surface area (Å²) in [6, 6.07) is 10.8. The second-order valence-electron chi connectivity index (χ2n) is 13.9. The largest absolute Gasteiger partial charge is 0.459 e. The third kappa shape index (κ3) is 7.62. The van der Waals surface area contributed by atoms with Gasteiger partial charge in [0.15, 0.2) is 6.10 Å². The lowest BCUT2D eigenvalue weighted by atomic mass is 9.81. The van der Waals surface area contributed by atoms with E-state index in [1.165, 1.54) is 6.07 Å². The number of halogens is 1. The molecule has 0 spiro atoms. The van der Waals surface area contributed by atoms with Gasteiger partial charge in [0.05, 0.1) is 42.6 Å². The minimum absolute atomic E-state index is 0.0174. The number of aliphatic hydroxyl groups is 1. The van der Waals surface area contributed by atoms with E-state index in [1.807, 2.05) is 34.9 Å². The van der Waals surface area contributed by atoms with Gasteiger partial charge in [0.25, 0.3) is 0 Å². The fourth-order valence-corrected chi connectivity index (χ4v) is 7.91. The minimum atomic E-state index is -1.50. The molecule has 3 atom stereocenters. The summed E-state index contributed by atoms with van der Waals surface area (Å²) in [7, 11) is 1.61.